The fraction of sp³-hybridized carbons (Fsp3) is 0.667. The van der Waals surface area contributed by atoms with E-state index in [1.54, 1.807) is 0 Å². The van der Waals surface area contributed by atoms with Gasteiger partial charge in [-0.25, -0.2) is 0 Å². The van der Waals surface area contributed by atoms with E-state index in [-0.39, 0.29) is 6.10 Å². The molecule has 1 aromatic heterocycles. The first-order chi connectivity index (χ1) is 7.72. The van der Waals surface area contributed by atoms with Gasteiger partial charge in [0, 0.05) is 18.0 Å². The van der Waals surface area contributed by atoms with Crippen LogP contribution < -0.4 is 5.32 Å². The molecule has 1 saturated heterocycles. The molecule has 0 saturated carbocycles. The van der Waals surface area contributed by atoms with Gasteiger partial charge in [0.2, 0.25) is 0 Å². The predicted octanol–water partition coefficient (Wildman–Crippen LogP) is 1.65. The van der Waals surface area contributed by atoms with Gasteiger partial charge in [-0.05, 0) is 38.0 Å². The molecule has 1 aromatic rings. The number of morpholine rings is 1. The van der Waals surface area contributed by atoms with Crippen molar-refractivity contribution < 1.29 is 4.74 Å². The van der Waals surface area contributed by atoms with Gasteiger partial charge < -0.3 is 15.0 Å². The Bertz CT molecular complexity index is 340. The smallest absolute Gasteiger partial charge is 0.0904 e. The normalized spacial score (nSPS) is 24.6. The highest BCUT2D eigenvalue weighted by Crippen LogP contribution is 2.28. The molecule has 1 aliphatic heterocycles. The van der Waals surface area contributed by atoms with Crippen LogP contribution in [0.15, 0.2) is 11.4 Å². The molecule has 90 valence electrons. The summed E-state index contributed by atoms with van der Waals surface area (Å²) in [5, 5.41) is 5.55. The van der Waals surface area contributed by atoms with E-state index < -0.39 is 0 Å². The maximum Gasteiger partial charge on any atom is 0.0904 e. The van der Waals surface area contributed by atoms with Crippen LogP contribution in [0.1, 0.15) is 16.5 Å². The van der Waals surface area contributed by atoms with Crippen molar-refractivity contribution in [2.45, 2.75) is 19.1 Å². The molecule has 4 heteroatoms. The van der Waals surface area contributed by atoms with Crippen LogP contribution in [-0.2, 0) is 4.74 Å². The standard InChI is InChI=1S/C12H20N2OS/c1-9-4-7-16-12(9)11(13-2)10-8-14(3)5-6-15-10/h4,7,10-11,13H,5-6,8H2,1-3H3. The first-order valence-electron chi connectivity index (χ1n) is 5.73. The summed E-state index contributed by atoms with van der Waals surface area (Å²) in [4.78, 5) is 3.74. The first-order valence-corrected chi connectivity index (χ1v) is 6.61. The molecule has 0 aromatic carbocycles. The average Bonchev–Trinajstić information content (AvgIpc) is 2.67. The van der Waals surface area contributed by atoms with E-state index in [1.165, 1.54) is 10.4 Å². The van der Waals surface area contributed by atoms with E-state index in [0.29, 0.717) is 6.04 Å². The molecule has 16 heavy (non-hydrogen) atoms. The summed E-state index contributed by atoms with van der Waals surface area (Å²) in [6.07, 6.45) is 0.265. The van der Waals surface area contributed by atoms with Gasteiger partial charge in [-0.1, -0.05) is 0 Å². The quantitative estimate of drug-likeness (QED) is 0.869. The van der Waals surface area contributed by atoms with E-state index in [2.05, 4.69) is 35.6 Å². The molecular weight excluding hydrogens is 220 g/mol. The molecule has 0 aliphatic carbocycles. The van der Waals surface area contributed by atoms with Gasteiger partial charge in [-0.3, -0.25) is 0 Å². The SMILES string of the molecule is CNC(c1sccc1C)C1CN(C)CCO1. The Morgan fingerprint density at radius 1 is 1.62 bits per heavy atom. The number of thiophene rings is 1. The second kappa shape index (κ2) is 5.27. The summed E-state index contributed by atoms with van der Waals surface area (Å²) in [5.41, 5.74) is 1.36. The topological polar surface area (TPSA) is 24.5 Å². The molecule has 1 N–H and O–H groups in total. The highest BCUT2D eigenvalue weighted by Gasteiger charge is 2.28. The van der Waals surface area contributed by atoms with E-state index in [0.717, 1.165) is 19.7 Å². The maximum atomic E-state index is 5.88. The Balaban J connectivity index is 2.13. The van der Waals surface area contributed by atoms with Crippen molar-refractivity contribution in [3.63, 3.8) is 0 Å². The Labute approximate surface area is 101 Å². The van der Waals surface area contributed by atoms with Crippen molar-refractivity contribution in [3.05, 3.63) is 21.9 Å². The minimum Gasteiger partial charge on any atom is -0.374 e. The monoisotopic (exact) mass is 240 g/mol. The minimum absolute atomic E-state index is 0.265. The van der Waals surface area contributed by atoms with Gasteiger partial charge >= 0.3 is 0 Å². The van der Waals surface area contributed by atoms with Crippen molar-refractivity contribution >= 4 is 11.3 Å². The molecular formula is C12H20N2OS. The number of aryl methyl sites for hydroxylation is 1. The van der Waals surface area contributed by atoms with E-state index in [4.69, 9.17) is 4.74 Å². The van der Waals surface area contributed by atoms with Crippen molar-refractivity contribution in [1.29, 1.82) is 0 Å². The van der Waals surface area contributed by atoms with Crippen LogP contribution in [0.4, 0.5) is 0 Å². The van der Waals surface area contributed by atoms with Crippen molar-refractivity contribution in [3.8, 4) is 0 Å². The molecule has 2 heterocycles. The molecule has 1 fully saturated rings. The van der Waals surface area contributed by atoms with Crippen molar-refractivity contribution in [1.82, 2.24) is 10.2 Å². The highest BCUT2D eigenvalue weighted by molar-refractivity contribution is 7.10. The second-order valence-corrected chi connectivity index (χ2v) is 5.35. The van der Waals surface area contributed by atoms with Gasteiger partial charge in [0.15, 0.2) is 0 Å². The largest absolute Gasteiger partial charge is 0.374 e. The summed E-state index contributed by atoms with van der Waals surface area (Å²) in [5.74, 6) is 0. The number of rotatable bonds is 3. The average molecular weight is 240 g/mol. The molecule has 1 aliphatic rings. The molecule has 2 unspecified atom stereocenters. The molecule has 2 atom stereocenters. The zero-order valence-corrected chi connectivity index (χ0v) is 11.0. The number of ether oxygens (including phenoxy) is 1. The number of nitrogens with one attached hydrogen (secondary N) is 1. The Morgan fingerprint density at radius 2 is 2.44 bits per heavy atom. The van der Waals surface area contributed by atoms with Crippen LogP contribution in [0.25, 0.3) is 0 Å². The Morgan fingerprint density at radius 3 is 3.00 bits per heavy atom. The van der Waals surface area contributed by atoms with Crippen LogP contribution in [-0.4, -0.2) is 44.8 Å². The third-order valence-corrected chi connectivity index (χ3v) is 4.27. The fourth-order valence-corrected chi connectivity index (χ4v) is 3.29. The van der Waals surface area contributed by atoms with E-state index in [1.807, 2.05) is 18.4 Å². The second-order valence-electron chi connectivity index (χ2n) is 4.41. The van der Waals surface area contributed by atoms with Gasteiger partial charge in [0.25, 0.3) is 0 Å². The number of hydrogen-bond donors (Lipinski definition) is 1. The van der Waals surface area contributed by atoms with Gasteiger partial charge in [-0.2, -0.15) is 0 Å². The molecule has 0 radical (unpaired) electrons. The number of likely N-dealkylation sites (N-methyl/N-ethyl adjacent to an activating group) is 2. The summed E-state index contributed by atoms with van der Waals surface area (Å²) >= 11 is 1.82. The van der Waals surface area contributed by atoms with E-state index >= 15 is 0 Å². The third-order valence-electron chi connectivity index (χ3n) is 3.16. The molecule has 2 rings (SSSR count). The fourth-order valence-electron chi connectivity index (χ4n) is 2.20. The lowest BCUT2D eigenvalue weighted by Gasteiger charge is -2.35. The van der Waals surface area contributed by atoms with Crippen LogP contribution >= 0.6 is 11.3 Å². The minimum atomic E-state index is 0.265. The molecule has 0 bridgehead atoms. The molecule has 3 nitrogen and oxygen atoms in total. The molecule has 0 amide bonds. The third kappa shape index (κ3) is 2.46. The number of hydrogen-bond acceptors (Lipinski definition) is 4. The van der Waals surface area contributed by atoms with Gasteiger partial charge in [-0.15, -0.1) is 11.3 Å². The zero-order chi connectivity index (χ0) is 11.5. The highest BCUT2D eigenvalue weighted by atomic mass is 32.1. The number of nitrogens with zero attached hydrogens (tertiary/aromatic N) is 1. The Kier molecular flexibility index (Phi) is 3.97. The van der Waals surface area contributed by atoms with E-state index in [9.17, 15) is 0 Å². The van der Waals surface area contributed by atoms with Crippen molar-refractivity contribution in [2.75, 3.05) is 33.8 Å². The lowest BCUT2D eigenvalue weighted by atomic mass is 10.1. The van der Waals surface area contributed by atoms with Crippen LogP contribution in [0.5, 0.6) is 0 Å². The lowest BCUT2D eigenvalue weighted by molar-refractivity contribution is -0.0375. The summed E-state index contributed by atoms with van der Waals surface area (Å²) in [7, 11) is 4.17. The summed E-state index contributed by atoms with van der Waals surface area (Å²) in [6, 6.07) is 2.50. The molecule has 0 spiro atoms. The van der Waals surface area contributed by atoms with Crippen molar-refractivity contribution in [2.24, 2.45) is 0 Å². The zero-order valence-electron chi connectivity index (χ0n) is 10.2. The van der Waals surface area contributed by atoms with Crippen LogP contribution in [0.3, 0.4) is 0 Å². The Hall–Kier alpha value is -0.420. The predicted molar refractivity (Wildman–Crippen MR) is 68.1 cm³/mol. The first kappa shape index (κ1) is 12.0. The lowest BCUT2D eigenvalue weighted by Crippen LogP contribution is -2.46. The summed E-state index contributed by atoms with van der Waals surface area (Å²) < 4.78 is 5.88. The summed E-state index contributed by atoms with van der Waals surface area (Å²) in [6.45, 7) is 5.05. The van der Waals surface area contributed by atoms with Crippen LogP contribution in [0.2, 0.25) is 0 Å². The van der Waals surface area contributed by atoms with Crippen LogP contribution in [0, 0.1) is 6.92 Å². The van der Waals surface area contributed by atoms with Gasteiger partial charge in [0.05, 0.1) is 18.8 Å². The van der Waals surface area contributed by atoms with Gasteiger partial charge in [0.1, 0.15) is 0 Å². The maximum absolute atomic E-state index is 5.88.